The van der Waals surface area contributed by atoms with Crippen molar-refractivity contribution in [2.45, 2.75) is 25.3 Å². The molecule has 11 heteroatoms. The summed E-state index contributed by atoms with van der Waals surface area (Å²) in [7, 11) is 0. The number of aromatic nitrogens is 2. The van der Waals surface area contributed by atoms with Crippen LogP contribution in [0.5, 0.6) is 0 Å². The van der Waals surface area contributed by atoms with Crippen LogP contribution in [0.1, 0.15) is 34.5 Å². The molecule has 2 amide bonds. The van der Waals surface area contributed by atoms with Gasteiger partial charge in [-0.1, -0.05) is 11.6 Å². The van der Waals surface area contributed by atoms with Gasteiger partial charge in [0.15, 0.2) is 5.58 Å². The number of alkyl halides is 2. The van der Waals surface area contributed by atoms with Gasteiger partial charge in [-0.2, -0.15) is 0 Å². The zero-order chi connectivity index (χ0) is 27.6. The number of amides is 2. The van der Waals surface area contributed by atoms with Gasteiger partial charge in [0.05, 0.1) is 22.8 Å². The van der Waals surface area contributed by atoms with E-state index < -0.39 is 5.92 Å². The van der Waals surface area contributed by atoms with Gasteiger partial charge in [-0.05, 0) is 54.1 Å². The Labute approximate surface area is 227 Å². The molecule has 1 aliphatic heterocycles. The van der Waals surface area contributed by atoms with E-state index >= 15 is 0 Å². The molecular weight excluding hydrogens is 528 g/mol. The number of nitrogens with one attached hydrogen (secondary N) is 1. The standard InChI is InChI=1S/C28H24ClF2N5O3/c29-22-13-19(23-4-3-18(15-33-23)27(38)36-9-7-28(30,31)8-10-36)11-20-12-21(39-26(20)22)16-35-25(37)6-2-17-1-5-24(32)34-14-17/h1-6,11-15H,7-10,16H2,(H2,32,34)(H,35,37)/b6-2+. The molecule has 4 heterocycles. The topological polar surface area (TPSA) is 114 Å². The lowest BCUT2D eigenvalue weighted by Gasteiger charge is -2.31. The molecule has 0 atom stereocenters. The second-order valence-electron chi connectivity index (χ2n) is 9.24. The van der Waals surface area contributed by atoms with Crippen LogP contribution in [0, 0.1) is 0 Å². The molecule has 8 nitrogen and oxygen atoms in total. The van der Waals surface area contributed by atoms with Gasteiger partial charge in [0.1, 0.15) is 11.6 Å². The van der Waals surface area contributed by atoms with Crippen LogP contribution in [0.2, 0.25) is 5.02 Å². The number of furan rings is 1. The average molecular weight is 552 g/mol. The van der Waals surface area contributed by atoms with E-state index in [1.54, 1.807) is 48.7 Å². The molecule has 1 aromatic carbocycles. The Hall–Kier alpha value is -4.31. The summed E-state index contributed by atoms with van der Waals surface area (Å²) in [6.45, 7) is 0.181. The predicted molar refractivity (Wildman–Crippen MR) is 144 cm³/mol. The van der Waals surface area contributed by atoms with Gasteiger partial charge in [0.25, 0.3) is 11.8 Å². The van der Waals surface area contributed by atoms with Gasteiger partial charge in [0.2, 0.25) is 5.91 Å². The van der Waals surface area contributed by atoms with E-state index in [0.717, 1.165) is 10.9 Å². The highest BCUT2D eigenvalue weighted by Crippen LogP contribution is 2.33. The van der Waals surface area contributed by atoms with Crippen molar-refractivity contribution in [1.82, 2.24) is 20.2 Å². The van der Waals surface area contributed by atoms with E-state index in [0.29, 0.717) is 39.0 Å². The molecule has 5 rings (SSSR count). The van der Waals surface area contributed by atoms with Crippen LogP contribution in [0.25, 0.3) is 28.3 Å². The molecule has 3 N–H and O–H groups in total. The van der Waals surface area contributed by atoms with Gasteiger partial charge in [0, 0.05) is 55.4 Å². The van der Waals surface area contributed by atoms with Crippen molar-refractivity contribution >= 4 is 46.3 Å². The maximum Gasteiger partial charge on any atom is 0.255 e. The molecular formula is C28H24ClF2N5O3. The first-order valence-electron chi connectivity index (χ1n) is 12.2. The van der Waals surface area contributed by atoms with E-state index in [4.69, 9.17) is 21.8 Å². The zero-order valence-electron chi connectivity index (χ0n) is 20.7. The van der Waals surface area contributed by atoms with Gasteiger partial charge in [-0.3, -0.25) is 14.6 Å². The first-order chi connectivity index (χ1) is 18.7. The largest absolute Gasteiger partial charge is 0.458 e. The number of benzene rings is 1. The second-order valence-corrected chi connectivity index (χ2v) is 9.64. The number of nitrogen functional groups attached to an aromatic ring is 1. The first-order valence-corrected chi connectivity index (χ1v) is 12.6. The molecule has 1 saturated heterocycles. The van der Waals surface area contributed by atoms with Crippen molar-refractivity contribution in [3.8, 4) is 11.3 Å². The van der Waals surface area contributed by atoms with Gasteiger partial charge < -0.3 is 20.4 Å². The van der Waals surface area contributed by atoms with Gasteiger partial charge >= 0.3 is 0 Å². The van der Waals surface area contributed by atoms with Crippen molar-refractivity contribution in [2.24, 2.45) is 0 Å². The van der Waals surface area contributed by atoms with Crippen molar-refractivity contribution in [2.75, 3.05) is 18.8 Å². The van der Waals surface area contributed by atoms with Crippen LogP contribution >= 0.6 is 11.6 Å². The van der Waals surface area contributed by atoms with E-state index in [9.17, 15) is 18.4 Å². The molecule has 0 unspecified atom stereocenters. The number of anilines is 1. The fourth-order valence-corrected chi connectivity index (χ4v) is 4.49. The second kappa shape index (κ2) is 10.8. The van der Waals surface area contributed by atoms with Crippen molar-refractivity contribution < 1.29 is 22.8 Å². The highest BCUT2D eigenvalue weighted by molar-refractivity contribution is 6.35. The number of carbonyl (C=O) groups excluding carboxylic acids is 2. The Bertz CT molecular complexity index is 1540. The van der Waals surface area contributed by atoms with E-state index in [1.807, 2.05) is 6.07 Å². The number of rotatable bonds is 6. The molecule has 1 fully saturated rings. The number of fused-ring (bicyclic) bond motifs is 1. The summed E-state index contributed by atoms with van der Waals surface area (Å²) in [5.74, 6) is -2.44. The van der Waals surface area contributed by atoms with Crippen molar-refractivity contribution in [3.05, 3.63) is 82.8 Å². The maximum absolute atomic E-state index is 13.4. The molecule has 200 valence electrons. The zero-order valence-corrected chi connectivity index (χ0v) is 21.4. The Morgan fingerprint density at radius 1 is 1.10 bits per heavy atom. The fraction of sp³-hybridized carbons (Fsp3) is 0.214. The minimum Gasteiger partial charge on any atom is -0.458 e. The summed E-state index contributed by atoms with van der Waals surface area (Å²) in [5, 5.41) is 3.85. The summed E-state index contributed by atoms with van der Waals surface area (Å²) in [4.78, 5) is 34.7. The van der Waals surface area contributed by atoms with E-state index in [2.05, 4.69) is 15.3 Å². The lowest BCUT2D eigenvalue weighted by molar-refractivity contribution is -0.116. The number of pyridine rings is 2. The van der Waals surface area contributed by atoms with Gasteiger partial charge in [-0.15, -0.1) is 0 Å². The van der Waals surface area contributed by atoms with E-state index in [-0.39, 0.29) is 44.3 Å². The number of nitrogens with two attached hydrogens (primary N) is 1. The highest BCUT2D eigenvalue weighted by atomic mass is 35.5. The van der Waals surface area contributed by atoms with Crippen LogP contribution in [0.4, 0.5) is 14.6 Å². The maximum atomic E-state index is 13.4. The number of hydrogen-bond acceptors (Lipinski definition) is 6. The molecule has 3 aromatic heterocycles. The quantitative estimate of drug-likeness (QED) is 0.313. The SMILES string of the molecule is Nc1ccc(/C=C/C(=O)NCc2cc3cc(-c4ccc(C(=O)N5CCC(F)(F)CC5)cn4)cc(Cl)c3o2)cn1. The van der Waals surface area contributed by atoms with Crippen LogP contribution in [0.15, 0.2) is 65.4 Å². The number of hydrogen-bond donors (Lipinski definition) is 2. The first kappa shape index (κ1) is 26.3. The normalized spacial score (nSPS) is 15.1. The smallest absolute Gasteiger partial charge is 0.255 e. The Morgan fingerprint density at radius 2 is 1.90 bits per heavy atom. The number of piperidine rings is 1. The number of carbonyl (C=O) groups is 2. The third-order valence-electron chi connectivity index (χ3n) is 6.38. The molecule has 0 aliphatic carbocycles. The predicted octanol–water partition coefficient (Wildman–Crippen LogP) is 5.33. The Kier molecular flexibility index (Phi) is 7.30. The fourth-order valence-electron chi connectivity index (χ4n) is 4.23. The lowest BCUT2D eigenvalue weighted by Crippen LogP contribution is -2.42. The van der Waals surface area contributed by atoms with Crippen LogP contribution in [0.3, 0.4) is 0 Å². The monoisotopic (exact) mass is 551 g/mol. The van der Waals surface area contributed by atoms with Crippen LogP contribution < -0.4 is 11.1 Å². The van der Waals surface area contributed by atoms with Crippen LogP contribution in [-0.2, 0) is 11.3 Å². The Morgan fingerprint density at radius 3 is 2.59 bits per heavy atom. The minimum atomic E-state index is -2.72. The average Bonchev–Trinajstić information content (AvgIpc) is 3.35. The van der Waals surface area contributed by atoms with Crippen molar-refractivity contribution in [3.63, 3.8) is 0 Å². The number of nitrogens with zero attached hydrogens (tertiary/aromatic N) is 3. The minimum absolute atomic E-state index is 0.0134. The van der Waals surface area contributed by atoms with E-state index in [1.165, 1.54) is 17.2 Å². The summed E-state index contributed by atoms with van der Waals surface area (Å²) in [6, 6.07) is 12.0. The third-order valence-corrected chi connectivity index (χ3v) is 6.66. The third kappa shape index (κ3) is 6.23. The molecule has 39 heavy (non-hydrogen) atoms. The summed E-state index contributed by atoms with van der Waals surface area (Å²) in [5.41, 5.74) is 8.40. The molecule has 0 spiro atoms. The molecule has 0 saturated carbocycles. The molecule has 4 aromatic rings. The number of halogens is 3. The number of likely N-dealkylation sites (tertiary alicyclic amines) is 1. The highest BCUT2D eigenvalue weighted by Gasteiger charge is 2.35. The van der Waals surface area contributed by atoms with Crippen LogP contribution in [-0.4, -0.2) is 45.7 Å². The molecule has 0 bridgehead atoms. The van der Waals surface area contributed by atoms with Crippen molar-refractivity contribution in [1.29, 1.82) is 0 Å². The molecule has 0 radical (unpaired) electrons. The van der Waals surface area contributed by atoms with Gasteiger partial charge in [-0.25, -0.2) is 13.8 Å². The Balaban J connectivity index is 1.24. The summed E-state index contributed by atoms with van der Waals surface area (Å²) < 4.78 is 32.7. The molecule has 1 aliphatic rings. The lowest BCUT2D eigenvalue weighted by atomic mass is 10.1. The summed E-state index contributed by atoms with van der Waals surface area (Å²) in [6.07, 6.45) is 5.35. The summed E-state index contributed by atoms with van der Waals surface area (Å²) >= 11 is 6.47.